The molecule has 0 aromatic heterocycles. The lowest BCUT2D eigenvalue weighted by molar-refractivity contribution is -0.140. The van der Waals surface area contributed by atoms with Gasteiger partial charge in [0.05, 0.1) is 11.2 Å². The lowest BCUT2D eigenvalue weighted by atomic mass is 9.96. The summed E-state index contributed by atoms with van der Waals surface area (Å²) in [5.41, 5.74) is 0.497. The number of nitrogens with one attached hydrogen (secondary N) is 1. The van der Waals surface area contributed by atoms with E-state index < -0.39 is 21.4 Å². The van der Waals surface area contributed by atoms with Crippen LogP contribution in [0.5, 0.6) is 0 Å². The van der Waals surface area contributed by atoms with Crippen LogP contribution < -0.4 is 4.72 Å². The number of carboxylic acid groups (broad SMARTS) is 1. The van der Waals surface area contributed by atoms with Crippen LogP contribution >= 0.6 is 0 Å². The monoisotopic (exact) mass is 295 g/mol. The Morgan fingerprint density at radius 3 is 2.30 bits per heavy atom. The van der Waals surface area contributed by atoms with Crippen molar-refractivity contribution in [3.63, 3.8) is 0 Å². The van der Waals surface area contributed by atoms with Crippen LogP contribution in [0.2, 0.25) is 0 Å². The standard InChI is InChI=1S/C14H17NO4S/c16-13(17)14(7-8-14)11-3-5-12(6-4-11)15-20(18,19)9-10-1-2-10/h3-6,10,15H,1-2,7-9H2,(H,16,17). The second-order valence-electron chi connectivity index (χ2n) is 5.79. The quantitative estimate of drug-likeness (QED) is 0.840. The van der Waals surface area contributed by atoms with Crippen molar-refractivity contribution in [2.24, 2.45) is 5.92 Å². The topological polar surface area (TPSA) is 83.5 Å². The van der Waals surface area contributed by atoms with Crippen LogP contribution in [0, 0.1) is 5.92 Å². The molecule has 0 spiro atoms. The summed E-state index contributed by atoms with van der Waals surface area (Å²) in [7, 11) is -3.29. The van der Waals surface area contributed by atoms with E-state index in [0.717, 1.165) is 18.4 Å². The van der Waals surface area contributed by atoms with Gasteiger partial charge in [-0.2, -0.15) is 0 Å². The Morgan fingerprint density at radius 1 is 1.25 bits per heavy atom. The van der Waals surface area contributed by atoms with Crippen LogP contribution in [-0.4, -0.2) is 25.2 Å². The number of aliphatic carboxylic acids is 1. The van der Waals surface area contributed by atoms with E-state index in [-0.39, 0.29) is 5.75 Å². The molecule has 3 rings (SSSR count). The van der Waals surface area contributed by atoms with Gasteiger partial charge in [0.25, 0.3) is 0 Å². The first-order valence-electron chi connectivity index (χ1n) is 6.76. The van der Waals surface area contributed by atoms with Crippen molar-refractivity contribution in [3.8, 4) is 0 Å². The van der Waals surface area contributed by atoms with Crippen LogP contribution in [0.25, 0.3) is 0 Å². The molecular formula is C14H17NO4S. The molecule has 0 saturated heterocycles. The largest absolute Gasteiger partial charge is 0.481 e. The van der Waals surface area contributed by atoms with Crippen molar-refractivity contribution in [2.45, 2.75) is 31.1 Å². The van der Waals surface area contributed by atoms with Crippen LogP contribution in [0.3, 0.4) is 0 Å². The molecule has 0 bridgehead atoms. The molecule has 0 heterocycles. The molecule has 2 saturated carbocycles. The third-order valence-corrected chi connectivity index (χ3v) is 5.48. The molecule has 6 heteroatoms. The maximum absolute atomic E-state index is 11.8. The number of benzene rings is 1. The Kier molecular flexibility index (Phi) is 3.01. The number of anilines is 1. The smallest absolute Gasteiger partial charge is 0.314 e. The van der Waals surface area contributed by atoms with Gasteiger partial charge in [-0.1, -0.05) is 12.1 Å². The molecule has 2 aliphatic carbocycles. The minimum atomic E-state index is -3.29. The highest BCUT2D eigenvalue weighted by Gasteiger charge is 2.51. The number of carbonyl (C=O) groups is 1. The Balaban J connectivity index is 1.72. The summed E-state index contributed by atoms with van der Waals surface area (Å²) < 4.78 is 26.2. The fourth-order valence-corrected chi connectivity index (χ4v) is 3.96. The molecule has 1 aromatic carbocycles. The molecule has 20 heavy (non-hydrogen) atoms. The van der Waals surface area contributed by atoms with Crippen molar-refractivity contribution < 1.29 is 18.3 Å². The highest BCUT2D eigenvalue weighted by Crippen LogP contribution is 2.48. The second-order valence-corrected chi connectivity index (χ2v) is 7.56. The van der Waals surface area contributed by atoms with Gasteiger partial charge in [-0.25, -0.2) is 8.42 Å². The second kappa shape index (κ2) is 4.48. The van der Waals surface area contributed by atoms with E-state index in [1.54, 1.807) is 24.3 Å². The maximum atomic E-state index is 11.8. The number of carboxylic acids is 1. The third-order valence-electron chi connectivity index (χ3n) is 4.02. The Hall–Kier alpha value is -1.56. The predicted octanol–water partition coefficient (Wildman–Crippen LogP) is 1.95. The molecular weight excluding hydrogens is 278 g/mol. The molecule has 2 N–H and O–H groups in total. The van der Waals surface area contributed by atoms with Gasteiger partial charge < -0.3 is 5.11 Å². The lowest BCUT2D eigenvalue weighted by Crippen LogP contribution is -2.20. The summed E-state index contributed by atoms with van der Waals surface area (Å²) in [5.74, 6) is -0.332. The Morgan fingerprint density at radius 2 is 1.85 bits per heavy atom. The first-order chi connectivity index (χ1) is 9.41. The molecule has 0 amide bonds. The number of hydrogen-bond donors (Lipinski definition) is 2. The van der Waals surface area contributed by atoms with E-state index in [2.05, 4.69) is 4.72 Å². The fourth-order valence-electron chi connectivity index (χ4n) is 2.42. The van der Waals surface area contributed by atoms with Crippen LogP contribution in [-0.2, 0) is 20.2 Å². The molecule has 0 aliphatic heterocycles. The van der Waals surface area contributed by atoms with Crippen LogP contribution in [0.15, 0.2) is 24.3 Å². The van der Waals surface area contributed by atoms with Gasteiger partial charge in [-0.15, -0.1) is 0 Å². The lowest BCUT2D eigenvalue weighted by Gasteiger charge is -2.12. The van der Waals surface area contributed by atoms with Gasteiger partial charge in [0.1, 0.15) is 0 Å². The maximum Gasteiger partial charge on any atom is 0.314 e. The highest BCUT2D eigenvalue weighted by atomic mass is 32.2. The number of sulfonamides is 1. The van der Waals surface area contributed by atoms with Crippen LogP contribution in [0.1, 0.15) is 31.2 Å². The average Bonchev–Trinajstić information content (AvgIpc) is 3.22. The summed E-state index contributed by atoms with van der Waals surface area (Å²) in [6.45, 7) is 0. The van der Waals surface area contributed by atoms with Crippen molar-refractivity contribution in [1.82, 2.24) is 0 Å². The van der Waals surface area contributed by atoms with Crippen molar-refractivity contribution >= 4 is 21.7 Å². The van der Waals surface area contributed by atoms with Gasteiger partial charge in [0.15, 0.2) is 0 Å². The summed E-state index contributed by atoms with van der Waals surface area (Å²) in [5, 5.41) is 9.21. The average molecular weight is 295 g/mol. The molecule has 1 aromatic rings. The molecule has 5 nitrogen and oxygen atoms in total. The minimum absolute atomic E-state index is 0.174. The van der Waals surface area contributed by atoms with Crippen molar-refractivity contribution in [1.29, 1.82) is 0 Å². The van der Waals surface area contributed by atoms with E-state index >= 15 is 0 Å². The molecule has 0 atom stereocenters. The van der Waals surface area contributed by atoms with E-state index in [4.69, 9.17) is 0 Å². The summed E-state index contributed by atoms with van der Waals surface area (Å²) in [4.78, 5) is 11.2. The van der Waals surface area contributed by atoms with Gasteiger partial charge in [0, 0.05) is 5.69 Å². The molecule has 108 valence electrons. The molecule has 0 radical (unpaired) electrons. The fraction of sp³-hybridized carbons (Fsp3) is 0.500. The van der Waals surface area contributed by atoms with Crippen LogP contribution in [0.4, 0.5) is 5.69 Å². The summed E-state index contributed by atoms with van der Waals surface area (Å²) in [6, 6.07) is 6.69. The normalized spacial score (nSPS) is 20.4. The Bertz CT molecular complexity index is 628. The summed E-state index contributed by atoms with van der Waals surface area (Å²) >= 11 is 0. The van der Waals surface area contributed by atoms with E-state index in [1.165, 1.54) is 0 Å². The van der Waals surface area contributed by atoms with Gasteiger partial charge in [0.2, 0.25) is 10.0 Å². The van der Waals surface area contributed by atoms with Crippen molar-refractivity contribution in [2.75, 3.05) is 10.5 Å². The molecule has 2 aliphatic rings. The van der Waals surface area contributed by atoms with Crippen molar-refractivity contribution in [3.05, 3.63) is 29.8 Å². The Labute approximate surface area is 118 Å². The molecule has 0 unspecified atom stereocenters. The minimum Gasteiger partial charge on any atom is -0.481 e. The van der Waals surface area contributed by atoms with Gasteiger partial charge in [-0.3, -0.25) is 9.52 Å². The zero-order chi connectivity index (χ0) is 14.4. The third kappa shape index (κ3) is 2.65. The highest BCUT2D eigenvalue weighted by molar-refractivity contribution is 7.92. The van der Waals surface area contributed by atoms with E-state index in [1.807, 2.05) is 0 Å². The predicted molar refractivity (Wildman–Crippen MR) is 75.1 cm³/mol. The molecule has 2 fully saturated rings. The SMILES string of the molecule is O=C(O)C1(c2ccc(NS(=O)(=O)CC3CC3)cc2)CC1. The van der Waals surface area contributed by atoms with Gasteiger partial charge in [-0.05, 0) is 49.3 Å². The number of hydrogen-bond acceptors (Lipinski definition) is 3. The van der Waals surface area contributed by atoms with E-state index in [0.29, 0.717) is 24.4 Å². The van der Waals surface area contributed by atoms with Gasteiger partial charge >= 0.3 is 5.97 Å². The first kappa shape index (κ1) is 13.4. The summed E-state index contributed by atoms with van der Waals surface area (Å²) in [6.07, 6.45) is 3.27. The van der Waals surface area contributed by atoms with E-state index in [9.17, 15) is 18.3 Å². The first-order valence-corrected chi connectivity index (χ1v) is 8.41. The zero-order valence-electron chi connectivity index (χ0n) is 11.0. The number of rotatable bonds is 6. The zero-order valence-corrected chi connectivity index (χ0v) is 11.8.